The molecule has 4 fully saturated rings. The SMILES string of the molecule is Cc1cccc(C(NN)C23CC4CC(CC(C)(C4)C2)C3)c1. The number of nitrogens with two attached hydrogens (primary N) is 1. The third-order valence-electron chi connectivity index (χ3n) is 6.55. The summed E-state index contributed by atoms with van der Waals surface area (Å²) < 4.78 is 0. The lowest BCUT2D eigenvalue weighted by molar-refractivity contribution is -0.119. The van der Waals surface area contributed by atoms with Crippen molar-refractivity contribution >= 4 is 0 Å². The molecule has 4 bridgehead atoms. The summed E-state index contributed by atoms with van der Waals surface area (Å²) in [6, 6.07) is 9.27. The Bertz CT molecular complexity index is 536. The van der Waals surface area contributed by atoms with Gasteiger partial charge in [0.1, 0.15) is 0 Å². The van der Waals surface area contributed by atoms with Crippen LogP contribution in [0, 0.1) is 29.6 Å². The first-order valence-electron chi connectivity index (χ1n) is 8.55. The van der Waals surface area contributed by atoms with Crippen molar-refractivity contribution in [3.05, 3.63) is 35.4 Å². The van der Waals surface area contributed by atoms with Gasteiger partial charge < -0.3 is 0 Å². The number of aryl methyl sites for hydroxylation is 1. The zero-order valence-corrected chi connectivity index (χ0v) is 13.4. The minimum Gasteiger partial charge on any atom is -0.271 e. The van der Waals surface area contributed by atoms with Crippen molar-refractivity contribution in [2.45, 2.75) is 58.4 Å². The van der Waals surface area contributed by atoms with Crippen LogP contribution in [0.25, 0.3) is 0 Å². The highest BCUT2D eigenvalue weighted by Gasteiger charge is 2.58. The summed E-state index contributed by atoms with van der Waals surface area (Å²) in [4.78, 5) is 0. The second kappa shape index (κ2) is 4.57. The van der Waals surface area contributed by atoms with Crippen LogP contribution in [0.2, 0.25) is 0 Å². The van der Waals surface area contributed by atoms with E-state index in [1.165, 1.54) is 49.7 Å². The second-order valence-corrected chi connectivity index (χ2v) is 8.65. The molecule has 0 saturated heterocycles. The van der Waals surface area contributed by atoms with Gasteiger partial charge in [0.25, 0.3) is 0 Å². The zero-order valence-electron chi connectivity index (χ0n) is 13.4. The van der Waals surface area contributed by atoms with Crippen molar-refractivity contribution in [3.63, 3.8) is 0 Å². The molecule has 0 spiro atoms. The number of rotatable bonds is 3. The molecule has 0 heterocycles. The van der Waals surface area contributed by atoms with Crippen LogP contribution in [0.15, 0.2) is 24.3 Å². The average Bonchev–Trinajstić information content (AvgIpc) is 2.36. The topological polar surface area (TPSA) is 38.0 Å². The van der Waals surface area contributed by atoms with E-state index in [-0.39, 0.29) is 0 Å². The largest absolute Gasteiger partial charge is 0.271 e. The first kappa shape index (κ1) is 13.8. The van der Waals surface area contributed by atoms with Crippen LogP contribution in [-0.4, -0.2) is 0 Å². The standard InChI is InChI=1S/C19H28N2/c1-13-4-3-5-16(6-13)17(21-20)19-10-14-7-15(11-19)9-18(2,8-14)12-19/h3-6,14-15,17,21H,7-12,20H2,1-2H3. The van der Waals surface area contributed by atoms with Crippen LogP contribution in [-0.2, 0) is 0 Å². The summed E-state index contributed by atoms with van der Waals surface area (Å²) in [5.41, 5.74) is 6.91. The van der Waals surface area contributed by atoms with Gasteiger partial charge in [0.2, 0.25) is 0 Å². The van der Waals surface area contributed by atoms with E-state index in [2.05, 4.69) is 43.5 Å². The normalized spacial score (nSPS) is 42.2. The lowest BCUT2D eigenvalue weighted by Gasteiger charge is -2.63. The lowest BCUT2D eigenvalue weighted by Crippen LogP contribution is -2.56. The predicted molar refractivity (Wildman–Crippen MR) is 86.5 cm³/mol. The highest BCUT2D eigenvalue weighted by molar-refractivity contribution is 5.28. The molecule has 3 unspecified atom stereocenters. The van der Waals surface area contributed by atoms with Crippen LogP contribution in [0.1, 0.15) is 62.6 Å². The lowest BCUT2D eigenvalue weighted by atomic mass is 9.43. The number of hydrogen-bond donors (Lipinski definition) is 2. The van der Waals surface area contributed by atoms with E-state index >= 15 is 0 Å². The van der Waals surface area contributed by atoms with Crippen molar-refractivity contribution in [2.75, 3.05) is 0 Å². The van der Waals surface area contributed by atoms with Gasteiger partial charge in [0.05, 0.1) is 6.04 Å². The summed E-state index contributed by atoms with van der Waals surface area (Å²) in [6.45, 7) is 4.71. The van der Waals surface area contributed by atoms with Gasteiger partial charge in [0.15, 0.2) is 0 Å². The van der Waals surface area contributed by atoms with E-state index in [0.29, 0.717) is 16.9 Å². The summed E-state index contributed by atoms with van der Waals surface area (Å²) in [5.74, 6) is 7.95. The summed E-state index contributed by atoms with van der Waals surface area (Å²) in [7, 11) is 0. The molecule has 0 radical (unpaired) electrons. The van der Waals surface area contributed by atoms with Gasteiger partial charge in [-0.3, -0.25) is 11.3 Å². The van der Waals surface area contributed by atoms with Crippen molar-refractivity contribution in [1.82, 2.24) is 5.43 Å². The number of benzene rings is 1. The first-order chi connectivity index (χ1) is 10.0. The number of hydrazine groups is 1. The molecule has 0 aliphatic heterocycles. The number of nitrogens with one attached hydrogen (secondary N) is 1. The molecule has 114 valence electrons. The quantitative estimate of drug-likeness (QED) is 0.647. The fraction of sp³-hybridized carbons (Fsp3) is 0.684. The average molecular weight is 284 g/mol. The molecule has 2 heteroatoms. The fourth-order valence-corrected chi connectivity index (χ4v) is 6.61. The van der Waals surface area contributed by atoms with Gasteiger partial charge in [-0.2, -0.15) is 0 Å². The summed E-state index contributed by atoms with van der Waals surface area (Å²) >= 11 is 0. The van der Waals surface area contributed by atoms with E-state index in [0.717, 1.165) is 11.8 Å². The molecule has 1 aromatic carbocycles. The minimum atomic E-state index is 0.322. The van der Waals surface area contributed by atoms with E-state index in [4.69, 9.17) is 5.84 Å². The molecule has 4 aliphatic carbocycles. The Balaban J connectivity index is 1.73. The predicted octanol–water partition coefficient (Wildman–Crippen LogP) is 4.11. The van der Waals surface area contributed by atoms with Crippen molar-refractivity contribution < 1.29 is 0 Å². The third-order valence-corrected chi connectivity index (χ3v) is 6.55. The van der Waals surface area contributed by atoms with Gasteiger partial charge in [-0.1, -0.05) is 36.8 Å². The Morgan fingerprint density at radius 3 is 2.48 bits per heavy atom. The molecule has 2 nitrogen and oxygen atoms in total. The molecular weight excluding hydrogens is 256 g/mol. The summed E-state index contributed by atoms with van der Waals surface area (Å²) in [5, 5.41) is 0. The Kier molecular flexibility index (Phi) is 3.00. The molecular formula is C19H28N2. The molecule has 0 amide bonds. The highest BCUT2D eigenvalue weighted by Crippen LogP contribution is 2.68. The first-order valence-corrected chi connectivity index (χ1v) is 8.55. The maximum atomic E-state index is 6.07. The van der Waals surface area contributed by atoms with Gasteiger partial charge in [-0.05, 0) is 73.7 Å². The smallest absolute Gasteiger partial charge is 0.0516 e. The highest BCUT2D eigenvalue weighted by atomic mass is 15.2. The molecule has 0 aromatic heterocycles. The van der Waals surface area contributed by atoms with E-state index in [9.17, 15) is 0 Å². The van der Waals surface area contributed by atoms with Crippen LogP contribution < -0.4 is 11.3 Å². The van der Waals surface area contributed by atoms with Crippen LogP contribution >= 0.6 is 0 Å². The van der Waals surface area contributed by atoms with Crippen LogP contribution in [0.5, 0.6) is 0 Å². The fourth-order valence-electron chi connectivity index (χ4n) is 6.61. The monoisotopic (exact) mass is 284 g/mol. The van der Waals surface area contributed by atoms with Gasteiger partial charge in [-0.25, -0.2) is 0 Å². The van der Waals surface area contributed by atoms with E-state index in [1.807, 2.05) is 0 Å². The molecule has 5 rings (SSSR count). The molecule has 1 aromatic rings. The van der Waals surface area contributed by atoms with E-state index in [1.54, 1.807) is 0 Å². The zero-order chi connectivity index (χ0) is 14.7. The Morgan fingerprint density at radius 1 is 1.19 bits per heavy atom. The second-order valence-electron chi connectivity index (χ2n) is 8.65. The van der Waals surface area contributed by atoms with Crippen LogP contribution in [0.3, 0.4) is 0 Å². The molecule has 3 atom stereocenters. The van der Waals surface area contributed by atoms with Gasteiger partial charge >= 0.3 is 0 Å². The third kappa shape index (κ3) is 2.15. The minimum absolute atomic E-state index is 0.322. The van der Waals surface area contributed by atoms with Crippen LogP contribution in [0.4, 0.5) is 0 Å². The number of hydrogen-bond acceptors (Lipinski definition) is 2. The van der Waals surface area contributed by atoms with Crippen molar-refractivity contribution in [3.8, 4) is 0 Å². The Labute approximate surface area is 128 Å². The van der Waals surface area contributed by atoms with Crippen molar-refractivity contribution in [1.29, 1.82) is 0 Å². The van der Waals surface area contributed by atoms with Gasteiger partial charge in [0, 0.05) is 0 Å². The molecule has 4 aliphatic rings. The maximum absolute atomic E-state index is 6.07. The van der Waals surface area contributed by atoms with E-state index < -0.39 is 0 Å². The molecule has 4 saturated carbocycles. The summed E-state index contributed by atoms with van der Waals surface area (Å²) in [6.07, 6.45) is 8.49. The van der Waals surface area contributed by atoms with Gasteiger partial charge in [-0.15, -0.1) is 0 Å². The molecule has 21 heavy (non-hydrogen) atoms. The Hall–Kier alpha value is -0.860. The molecule has 3 N–H and O–H groups in total. The maximum Gasteiger partial charge on any atom is 0.0516 e. The van der Waals surface area contributed by atoms with Crippen molar-refractivity contribution in [2.24, 2.45) is 28.5 Å². The Morgan fingerprint density at radius 2 is 1.90 bits per heavy atom.